The molecule has 2 aromatic rings. The summed E-state index contributed by atoms with van der Waals surface area (Å²) >= 11 is 0. The predicted octanol–water partition coefficient (Wildman–Crippen LogP) is 2.04. The van der Waals surface area contributed by atoms with Gasteiger partial charge in [0.2, 0.25) is 0 Å². The Kier molecular flexibility index (Phi) is 8.48. The van der Waals surface area contributed by atoms with Crippen LogP contribution in [0.2, 0.25) is 0 Å². The van der Waals surface area contributed by atoms with Crippen LogP contribution in [-0.2, 0) is 6.54 Å². The number of amides is 2. The molecule has 1 fully saturated rings. The van der Waals surface area contributed by atoms with Crippen molar-refractivity contribution in [3.05, 3.63) is 59.4 Å². The van der Waals surface area contributed by atoms with Crippen LogP contribution in [0.5, 0.6) is 0 Å². The fourth-order valence-corrected chi connectivity index (χ4v) is 3.38. The smallest absolute Gasteiger partial charge is 0.274 e. The molecular formula is C20H25ClFN5O2. The average Bonchev–Trinajstić information content (AvgIpc) is 2.73. The van der Waals surface area contributed by atoms with Crippen molar-refractivity contribution in [3.63, 3.8) is 0 Å². The van der Waals surface area contributed by atoms with Crippen molar-refractivity contribution < 1.29 is 14.0 Å². The molecule has 2 heterocycles. The van der Waals surface area contributed by atoms with Crippen LogP contribution in [-0.4, -0.2) is 53.4 Å². The van der Waals surface area contributed by atoms with E-state index >= 15 is 0 Å². The SMILES string of the molecule is CNCC1CCCN(C(=O)c2nccnc2C(=O)NCc2ccc(F)cc2)C1.Cl. The number of aromatic nitrogens is 2. The van der Waals surface area contributed by atoms with Gasteiger partial charge >= 0.3 is 0 Å². The Labute approximate surface area is 175 Å². The van der Waals surface area contributed by atoms with Crippen LogP contribution in [0.3, 0.4) is 0 Å². The Morgan fingerprint density at radius 3 is 2.55 bits per heavy atom. The van der Waals surface area contributed by atoms with Crippen LogP contribution in [0.25, 0.3) is 0 Å². The van der Waals surface area contributed by atoms with Crippen LogP contribution < -0.4 is 10.6 Å². The van der Waals surface area contributed by atoms with Crippen molar-refractivity contribution in [2.75, 3.05) is 26.7 Å². The highest BCUT2D eigenvalue weighted by Crippen LogP contribution is 2.18. The van der Waals surface area contributed by atoms with E-state index < -0.39 is 5.91 Å². The van der Waals surface area contributed by atoms with Gasteiger partial charge in [0.05, 0.1) is 0 Å². The van der Waals surface area contributed by atoms with Gasteiger partial charge in [0.1, 0.15) is 5.82 Å². The molecular weight excluding hydrogens is 397 g/mol. The lowest BCUT2D eigenvalue weighted by Crippen LogP contribution is -2.43. The molecule has 0 bridgehead atoms. The molecule has 0 radical (unpaired) electrons. The van der Waals surface area contributed by atoms with Gasteiger partial charge in [0.15, 0.2) is 11.4 Å². The standard InChI is InChI=1S/C20H24FN5O2.ClH/c1-22-11-15-3-2-10-26(13-15)20(28)18-17(23-8-9-24-18)19(27)25-12-14-4-6-16(21)7-5-14;/h4-9,15,22H,2-3,10-13H2,1H3,(H,25,27);1H. The summed E-state index contributed by atoms with van der Waals surface area (Å²) in [5, 5.41) is 5.87. The highest BCUT2D eigenvalue weighted by Gasteiger charge is 2.28. The Morgan fingerprint density at radius 1 is 1.17 bits per heavy atom. The van der Waals surface area contributed by atoms with E-state index in [1.807, 2.05) is 7.05 Å². The molecule has 0 aliphatic carbocycles. The summed E-state index contributed by atoms with van der Waals surface area (Å²) in [5.41, 5.74) is 0.812. The summed E-state index contributed by atoms with van der Waals surface area (Å²) < 4.78 is 13.0. The van der Waals surface area contributed by atoms with Crippen molar-refractivity contribution in [3.8, 4) is 0 Å². The molecule has 2 N–H and O–H groups in total. The van der Waals surface area contributed by atoms with Gasteiger partial charge in [-0.2, -0.15) is 0 Å². The molecule has 9 heteroatoms. The second-order valence-electron chi connectivity index (χ2n) is 6.88. The number of hydrogen-bond acceptors (Lipinski definition) is 5. The van der Waals surface area contributed by atoms with Gasteiger partial charge < -0.3 is 15.5 Å². The fraction of sp³-hybridized carbons (Fsp3) is 0.400. The molecule has 156 valence electrons. The van der Waals surface area contributed by atoms with Crippen LogP contribution in [0, 0.1) is 11.7 Å². The third-order valence-corrected chi connectivity index (χ3v) is 4.78. The van der Waals surface area contributed by atoms with E-state index in [1.54, 1.807) is 17.0 Å². The Bertz CT molecular complexity index is 832. The van der Waals surface area contributed by atoms with Crippen LogP contribution in [0.15, 0.2) is 36.7 Å². The lowest BCUT2D eigenvalue weighted by Gasteiger charge is -2.32. The third kappa shape index (κ3) is 5.95. The van der Waals surface area contributed by atoms with E-state index in [0.717, 1.165) is 24.9 Å². The lowest BCUT2D eigenvalue weighted by atomic mass is 9.97. The van der Waals surface area contributed by atoms with Crippen LogP contribution in [0.4, 0.5) is 4.39 Å². The molecule has 7 nitrogen and oxygen atoms in total. The molecule has 1 unspecified atom stereocenters. The van der Waals surface area contributed by atoms with Gasteiger partial charge in [-0.1, -0.05) is 12.1 Å². The molecule has 29 heavy (non-hydrogen) atoms. The molecule has 3 rings (SSSR count). The summed E-state index contributed by atoms with van der Waals surface area (Å²) in [5.74, 6) is -0.712. The number of piperidine rings is 1. The van der Waals surface area contributed by atoms with Crippen LogP contribution >= 0.6 is 12.4 Å². The number of nitrogens with one attached hydrogen (secondary N) is 2. The average molecular weight is 422 g/mol. The van der Waals surface area contributed by atoms with Crippen molar-refractivity contribution in [2.45, 2.75) is 19.4 Å². The maximum absolute atomic E-state index is 13.0. The minimum Gasteiger partial charge on any atom is -0.347 e. The van der Waals surface area contributed by atoms with Gasteiger partial charge in [-0.25, -0.2) is 14.4 Å². The minimum absolute atomic E-state index is 0. The fourth-order valence-electron chi connectivity index (χ4n) is 3.38. The van der Waals surface area contributed by atoms with E-state index in [0.29, 0.717) is 19.0 Å². The lowest BCUT2D eigenvalue weighted by molar-refractivity contribution is 0.0662. The van der Waals surface area contributed by atoms with Gasteiger partial charge in [-0.3, -0.25) is 9.59 Å². The monoisotopic (exact) mass is 421 g/mol. The van der Waals surface area contributed by atoms with Crippen LogP contribution in [0.1, 0.15) is 39.4 Å². The van der Waals surface area contributed by atoms with E-state index in [1.165, 1.54) is 24.5 Å². The zero-order valence-electron chi connectivity index (χ0n) is 16.2. The molecule has 1 aliphatic rings. The zero-order chi connectivity index (χ0) is 19.9. The summed E-state index contributed by atoms with van der Waals surface area (Å²) in [4.78, 5) is 35.5. The first-order valence-corrected chi connectivity index (χ1v) is 9.36. The molecule has 0 saturated carbocycles. The molecule has 2 amide bonds. The molecule has 0 spiro atoms. The van der Waals surface area contributed by atoms with Gasteiger partial charge in [-0.05, 0) is 50.0 Å². The van der Waals surface area contributed by atoms with Gasteiger partial charge in [0, 0.05) is 32.0 Å². The largest absolute Gasteiger partial charge is 0.347 e. The maximum atomic E-state index is 13.0. The first-order valence-electron chi connectivity index (χ1n) is 9.36. The Balaban J connectivity index is 0.00000300. The summed E-state index contributed by atoms with van der Waals surface area (Å²) in [6, 6.07) is 5.84. The first-order chi connectivity index (χ1) is 13.6. The predicted molar refractivity (Wildman–Crippen MR) is 109 cm³/mol. The van der Waals surface area contributed by atoms with Gasteiger partial charge in [-0.15, -0.1) is 12.4 Å². The third-order valence-electron chi connectivity index (χ3n) is 4.78. The summed E-state index contributed by atoms with van der Waals surface area (Å²) in [6.07, 6.45) is 4.79. The van der Waals surface area contributed by atoms with E-state index in [9.17, 15) is 14.0 Å². The number of carbonyl (C=O) groups excluding carboxylic acids is 2. The Morgan fingerprint density at radius 2 is 1.86 bits per heavy atom. The topological polar surface area (TPSA) is 87.2 Å². The van der Waals surface area contributed by atoms with E-state index in [2.05, 4.69) is 20.6 Å². The van der Waals surface area contributed by atoms with E-state index in [4.69, 9.17) is 0 Å². The number of carbonyl (C=O) groups is 2. The summed E-state index contributed by atoms with van der Waals surface area (Å²) in [6.45, 7) is 2.33. The molecule has 1 aliphatic heterocycles. The van der Waals surface area contributed by atoms with E-state index in [-0.39, 0.29) is 42.1 Å². The first kappa shape index (κ1) is 22.7. The second-order valence-corrected chi connectivity index (χ2v) is 6.88. The van der Waals surface area contributed by atoms with Crippen molar-refractivity contribution in [1.82, 2.24) is 25.5 Å². The highest BCUT2D eigenvalue weighted by atomic mass is 35.5. The van der Waals surface area contributed by atoms with Crippen molar-refractivity contribution >= 4 is 24.2 Å². The highest BCUT2D eigenvalue weighted by molar-refractivity contribution is 6.04. The molecule has 1 atom stereocenters. The quantitative estimate of drug-likeness (QED) is 0.745. The second kappa shape index (κ2) is 10.8. The summed E-state index contributed by atoms with van der Waals surface area (Å²) in [7, 11) is 1.90. The minimum atomic E-state index is -0.482. The Hall–Kier alpha value is -2.58. The number of rotatable bonds is 6. The number of benzene rings is 1. The molecule has 1 saturated heterocycles. The van der Waals surface area contributed by atoms with Gasteiger partial charge in [0.25, 0.3) is 11.8 Å². The zero-order valence-corrected chi connectivity index (χ0v) is 17.0. The number of likely N-dealkylation sites (tertiary alicyclic amines) is 1. The number of halogens is 2. The maximum Gasteiger partial charge on any atom is 0.274 e. The molecule has 1 aromatic carbocycles. The van der Waals surface area contributed by atoms with Crippen molar-refractivity contribution in [2.24, 2.45) is 5.92 Å². The number of nitrogens with zero attached hydrogens (tertiary/aromatic N) is 3. The molecule has 1 aromatic heterocycles. The normalized spacial score (nSPS) is 16.1. The van der Waals surface area contributed by atoms with Crippen molar-refractivity contribution in [1.29, 1.82) is 0 Å². The number of hydrogen-bond donors (Lipinski definition) is 2.